The molecule has 19 heavy (non-hydrogen) atoms. The van der Waals surface area contributed by atoms with Crippen LogP contribution in [-0.4, -0.2) is 21.2 Å². The van der Waals surface area contributed by atoms with Crippen molar-refractivity contribution >= 4 is 23.0 Å². The maximum Gasteiger partial charge on any atom is 0.198 e. The summed E-state index contributed by atoms with van der Waals surface area (Å²) in [6, 6.07) is 11.3. The zero-order chi connectivity index (χ0) is 13.4. The van der Waals surface area contributed by atoms with Gasteiger partial charge >= 0.3 is 0 Å². The van der Waals surface area contributed by atoms with Crippen LogP contribution in [0.4, 0.5) is 0 Å². The number of hydrogen-bond donors (Lipinski definition) is 0. The fourth-order valence-corrected chi connectivity index (χ4v) is 2.19. The van der Waals surface area contributed by atoms with Crippen molar-refractivity contribution in [2.24, 2.45) is 0 Å². The Balaban J connectivity index is 2.32. The van der Waals surface area contributed by atoms with Crippen molar-refractivity contribution in [1.29, 1.82) is 0 Å². The van der Waals surface area contributed by atoms with Gasteiger partial charge in [0, 0.05) is 11.6 Å². The molecule has 96 valence electrons. The highest BCUT2D eigenvalue weighted by Gasteiger charge is 2.21. The van der Waals surface area contributed by atoms with Crippen LogP contribution in [0.15, 0.2) is 40.9 Å². The number of fused-ring (bicyclic) bond motifs is 1. The van der Waals surface area contributed by atoms with Crippen molar-refractivity contribution in [2.45, 2.75) is 6.92 Å². The number of Topliss-reactive ketones (excluding diaryl/α,β-unsaturated/α-hetero) is 1. The summed E-state index contributed by atoms with van der Waals surface area (Å²) < 4.78 is 7.16. The molecule has 0 aliphatic carbocycles. The van der Waals surface area contributed by atoms with E-state index in [1.54, 1.807) is 10.6 Å². The molecular weight excluding hydrogens is 264 g/mol. The number of carbonyl (C=O) groups excluding carboxylic acids is 1. The number of halogens is 1. The Bertz CT molecular complexity index is 743. The molecule has 0 amide bonds. The van der Waals surface area contributed by atoms with Crippen LogP contribution in [0.2, 0.25) is 0 Å². The molecule has 0 saturated heterocycles. The standard InChI is InChI=1S/C14H11ClN2O2/c1-9-7-12-16-13(11(18)8-15)14(17(12)19-9)10-5-3-2-4-6-10/h2-7H,8H2,1H3. The maximum absolute atomic E-state index is 11.9. The summed E-state index contributed by atoms with van der Waals surface area (Å²) in [5, 5.41) is 0. The molecule has 2 heterocycles. The van der Waals surface area contributed by atoms with Crippen molar-refractivity contribution in [2.75, 3.05) is 5.88 Å². The van der Waals surface area contributed by atoms with Crippen LogP contribution < -0.4 is 0 Å². The second-order valence-corrected chi connectivity index (χ2v) is 4.50. The fraction of sp³-hybridized carbons (Fsp3) is 0.143. The highest BCUT2D eigenvalue weighted by molar-refractivity contribution is 6.30. The van der Waals surface area contributed by atoms with E-state index in [-0.39, 0.29) is 11.7 Å². The van der Waals surface area contributed by atoms with Gasteiger partial charge in [0.2, 0.25) is 0 Å². The van der Waals surface area contributed by atoms with Crippen LogP contribution in [0.5, 0.6) is 0 Å². The van der Waals surface area contributed by atoms with Crippen molar-refractivity contribution in [3.63, 3.8) is 0 Å². The van der Waals surface area contributed by atoms with E-state index in [1.807, 2.05) is 37.3 Å². The van der Waals surface area contributed by atoms with Gasteiger partial charge in [-0.1, -0.05) is 30.3 Å². The Hall–Kier alpha value is -2.07. The Morgan fingerprint density at radius 3 is 2.79 bits per heavy atom. The molecule has 0 atom stereocenters. The second kappa shape index (κ2) is 4.55. The summed E-state index contributed by atoms with van der Waals surface area (Å²) in [6.07, 6.45) is 0. The lowest BCUT2D eigenvalue weighted by Gasteiger charge is -2.01. The average Bonchev–Trinajstić information content (AvgIpc) is 2.94. The number of alkyl halides is 1. The van der Waals surface area contributed by atoms with E-state index < -0.39 is 0 Å². The van der Waals surface area contributed by atoms with Crippen molar-refractivity contribution in [1.82, 2.24) is 9.56 Å². The maximum atomic E-state index is 11.9. The molecule has 0 saturated carbocycles. The number of benzene rings is 1. The lowest BCUT2D eigenvalue weighted by molar-refractivity contribution is 0.101. The largest absolute Gasteiger partial charge is 0.378 e. The molecule has 4 nitrogen and oxygen atoms in total. The van der Waals surface area contributed by atoms with Crippen molar-refractivity contribution in [3.05, 3.63) is 47.9 Å². The molecule has 0 spiro atoms. The molecule has 0 unspecified atom stereocenters. The first-order chi connectivity index (χ1) is 9.20. The first-order valence-electron chi connectivity index (χ1n) is 5.84. The smallest absolute Gasteiger partial charge is 0.198 e. The van der Waals surface area contributed by atoms with E-state index in [0.717, 1.165) is 11.3 Å². The minimum absolute atomic E-state index is 0.0982. The van der Waals surface area contributed by atoms with Gasteiger partial charge in [-0.3, -0.25) is 4.79 Å². The van der Waals surface area contributed by atoms with E-state index in [4.69, 9.17) is 16.1 Å². The molecule has 0 bridgehead atoms. The zero-order valence-electron chi connectivity index (χ0n) is 10.3. The molecular formula is C14H11ClN2O2. The molecule has 5 heteroatoms. The van der Waals surface area contributed by atoms with Gasteiger partial charge in [0.05, 0.1) is 5.88 Å². The summed E-state index contributed by atoms with van der Waals surface area (Å²) in [6.45, 7) is 1.84. The zero-order valence-corrected chi connectivity index (χ0v) is 11.0. The van der Waals surface area contributed by atoms with E-state index >= 15 is 0 Å². The third-order valence-electron chi connectivity index (χ3n) is 2.86. The van der Waals surface area contributed by atoms with E-state index in [2.05, 4.69) is 4.98 Å². The van der Waals surface area contributed by atoms with Gasteiger partial charge in [0.15, 0.2) is 11.4 Å². The normalized spacial score (nSPS) is 11.1. The number of imidazole rings is 1. The molecule has 3 rings (SSSR count). The first-order valence-corrected chi connectivity index (χ1v) is 6.38. The van der Waals surface area contributed by atoms with Crippen LogP contribution >= 0.6 is 11.6 Å². The number of rotatable bonds is 3. The molecule has 0 fully saturated rings. The van der Waals surface area contributed by atoms with Gasteiger partial charge in [0.1, 0.15) is 17.1 Å². The predicted molar refractivity (Wildman–Crippen MR) is 72.7 cm³/mol. The monoisotopic (exact) mass is 274 g/mol. The number of aromatic nitrogens is 2. The molecule has 0 N–H and O–H groups in total. The summed E-state index contributed by atoms with van der Waals surface area (Å²) in [4.78, 5) is 16.2. The Labute approximate surface area is 114 Å². The van der Waals surface area contributed by atoms with Crippen LogP contribution in [-0.2, 0) is 0 Å². The van der Waals surface area contributed by atoms with Gasteiger partial charge in [-0.2, -0.15) is 4.57 Å². The Morgan fingerprint density at radius 2 is 2.11 bits per heavy atom. The van der Waals surface area contributed by atoms with Crippen LogP contribution in [0.3, 0.4) is 0 Å². The lowest BCUT2D eigenvalue weighted by Crippen LogP contribution is -2.03. The van der Waals surface area contributed by atoms with Crippen molar-refractivity contribution < 1.29 is 9.32 Å². The number of aryl methyl sites for hydroxylation is 1. The van der Waals surface area contributed by atoms with E-state index in [1.165, 1.54) is 0 Å². The highest BCUT2D eigenvalue weighted by atomic mass is 35.5. The molecule has 2 aromatic heterocycles. The SMILES string of the molecule is Cc1cc2nc(C(=O)CCl)c(-c3ccccc3)n2o1. The summed E-state index contributed by atoms with van der Waals surface area (Å²) in [5.41, 5.74) is 2.48. The predicted octanol–water partition coefficient (Wildman–Crippen LogP) is 3.32. The highest BCUT2D eigenvalue weighted by Crippen LogP contribution is 2.27. The average molecular weight is 275 g/mol. The van der Waals surface area contributed by atoms with Gasteiger partial charge in [-0.05, 0) is 6.92 Å². The van der Waals surface area contributed by atoms with E-state index in [9.17, 15) is 4.79 Å². The summed E-state index contributed by atoms with van der Waals surface area (Å²) in [7, 11) is 0. The minimum atomic E-state index is -0.211. The number of nitrogens with zero attached hydrogens (tertiary/aromatic N) is 2. The second-order valence-electron chi connectivity index (χ2n) is 4.23. The molecule has 1 aromatic carbocycles. The van der Waals surface area contributed by atoms with Crippen LogP contribution in [0.25, 0.3) is 16.9 Å². The van der Waals surface area contributed by atoms with Gasteiger partial charge in [0.25, 0.3) is 0 Å². The van der Waals surface area contributed by atoms with Crippen molar-refractivity contribution in [3.8, 4) is 11.3 Å². The topological polar surface area (TPSA) is 47.5 Å². The fourth-order valence-electron chi connectivity index (χ4n) is 2.07. The van der Waals surface area contributed by atoms with E-state index in [0.29, 0.717) is 17.0 Å². The van der Waals surface area contributed by atoms with Gasteiger partial charge in [-0.25, -0.2) is 4.98 Å². The quantitative estimate of drug-likeness (QED) is 0.544. The lowest BCUT2D eigenvalue weighted by atomic mass is 10.1. The molecule has 0 aliphatic rings. The van der Waals surface area contributed by atoms with Gasteiger partial charge < -0.3 is 4.52 Å². The number of carbonyl (C=O) groups is 1. The first kappa shape index (κ1) is 12.0. The Kier molecular flexibility index (Phi) is 2.87. The van der Waals surface area contributed by atoms with Gasteiger partial charge in [-0.15, -0.1) is 11.6 Å². The Morgan fingerprint density at radius 1 is 1.37 bits per heavy atom. The van der Waals surface area contributed by atoms with Crippen LogP contribution in [0, 0.1) is 6.92 Å². The van der Waals surface area contributed by atoms with Crippen LogP contribution in [0.1, 0.15) is 16.2 Å². The minimum Gasteiger partial charge on any atom is -0.378 e. The molecule has 0 radical (unpaired) electrons. The molecule has 0 aliphatic heterocycles. The summed E-state index contributed by atoms with van der Waals surface area (Å²) >= 11 is 5.64. The number of hydrogen-bond acceptors (Lipinski definition) is 3. The third-order valence-corrected chi connectivity index (χ3v) is 3.10. The summed E-state index contributed by atoms with van der Waals surface area (Å²) in [5.74, 6) is 0.431. The molecule has 3 aromatic rings. The third kappa shape index (κ3) is 1.94. The number of ketones is 1.